The van der Waals surface area contributed by atoms with Gasteiger partial charge in [0.05, 0.1) is 13.0 Å². The molecule has 0 aliphatic carbocycles. The van der Waals surface area contributed by atoms with Crippen molar-refractivity contribution in [3.8, 4) is 5.75 Å². The standard InChI is InChI=1S/C13H18BrNO2/c1-9(2)15-13(16)6-7-17-11-4-5-12(14)10(3)8-11/h4-5,8-9H,6-7H2,1-3H3,(H,15,16). The third-order valence-corrected chi connectivity index (χ3v) is 3.07. The van der Waals surface area contributed by atoms with Crippen LogP contribution in [0.15, 0.2) is 22.7 Å². The minimum absolute atomic E-state index is 0.0221. The molecule has 0 aromatic heterocycles. The van der Waals surface area contributed by atoms with Crippen molar-refractivity contribution in [1.82, 2.24) is 5.32 Å². The van der Waals surface area contributed by atoms with E-state index in [4.69, 9.17) is 4.74 Å². The van der Waals surface area contributed by atoms with Crippen LogP contribution in [0.5, 0.6) is 5.75 Å². The van der Waals surface area contributed by atoms with Gasteiger partial charge in [0, 0.05) is 10.5 Å². The van der Waals surface area contributed by atoms with E-state index in [0.29, 0.717) is 13.0 Å². The Morgan fingerprint density at radius 1 is 1.47 bits per heavy atom. The van der Waals surface area contributed by atoms with Gasteiger partial charge in [-0.25, -0.2) is 0 Å². The van der Waals surface area contributed by atoms with E-state index < -0.39 is 0 Å². The van der Waals surface area contributed by atoms with E-state index >= 15 is 0 Å². The molecule has 1 aromatic carbocycles. The van der Waals surface area contributed by atoms with Gasteiger partial charge in [-0.15, -0.1) is 0 Å². The molecule has 0 aliphatic rings. The molecule has 4 heteroatoms. The molecule has 0 atom stereocenters. The lowest BCUT2D eigenvalue weighted by atomic mass is 10.2. The largest absolute Gasteiger partial charge is 0.493 e. The topological polar surface area (TPSA) is 38.3 Å². The second-order valence-electron chi connectivity index (χ2n) is 4.23. The van der Waals surface area contributed by atoms with Gasteiger partial charge >= 0.3 is 0 Å². The van der Waals surface area contributed by atoms with Crippen LogP contribution in [0.4, 0.5) is 0 Å². The fourth-order valence-corrected chi connectivity index (χ4v) is 1.61. The molecule has 17 heavy (non-hydrogen) atoms. The molecule has 0 saturated carbocycles. The Kier molecular flexibility index (Phi) is 5.48. The van der Waals surface area contributed by atoms with E-state index in [1.807, 2.05) is 39.0 Å². The first-order valence-corrected chi connectivity index (χ1v) is 6.46. The van der Waals surface area contributed by atoms with Crippen LogP contribution in [-0.4, -0.2) is 18.6 Å². The summed E-state index contributed by atoms with van der Waals surface area (Å²) in [4.78, 5) is 11.4. The number of carbonyl (C=O) groups excluding carboxylic acids is 1. The first kappa shape index (κ1) is 14.0. The van der Waals surface area contributed by atoms with Crippen molar-refractivity contribution in [2.75, 3.05) is 6.61 Å². The maximum atomic E-state index is 11.4. The van der Waals surface area contributed by atoms with Crippen molar-refractivity contribution >= 4 is 21.8 Å². The highest BCUT2D eigenvalue weighted by Crippen LogP contribution is 2.21. The summed E-state index contributed by atoms with van der Waals surface area (Å²) in [6.07, 6.45) is 0.382. The Morgan fingerprint density at radius 2 is 2.18 bits per heavy atom. The normalized spacial score (nSPS) is 10.4. The number of benzene rings is 1. The molecule has 1 N–H and O–H groups in total. The first-order valence-electron chi connectivity index (χ1n) is 5.67. The van der Waals surface area contributed by atoms with Crippen LogP contribution in [0.1, 0.15) is 25.8 Å². The average molecular weight is 300 g/mol. The predicted octanol–water partition coefficient (Wildman–Crippen LogP) is 3.05. The van der Waals surface area contributed by atoms with Crippen molar-refractivity contribution in [3.05, 3.63) is 28.2 Å². The van der Waals surface area contributed by atoms with Crippen LogP contribution < -0.4 is 10.1 Å². The third-order valence-electron chi connectivity index (χ3n) is 2.18. The van der Waals surface area contributed by atoms with Gasteiger partial charge in [0.2, 0.25) is 5.91 Å². The van der Waals surface area contributed by atoms with Crippen LogP contribution in [0.2, 0.25) is 0 Å². The monoisotopic (exact) mass is 299 g/mol. The molecule has 0 saturated heterocycles. The Hall–Kier alpha value is -1.03. The smallest absolute Gasteiger partial charge is 0.223 e. The van der Waals surface area contributed by atoms with Crippen molar-refractivity contribution in [2.45, 2.75) is 33.2 Å². The van der Waals surface area contributed by atoms with E-state index in [-0.39, 0.29) is 11.9 Å². The van der Waals surface area contributed by atoms with Gasteiger partial charge in [-0.3, -0.25) is 4.79 Å². The molecule has 3 nitrogen and oxygen atoms in total. The highest BCUT2D eigenvalue weighted by molar-refractivity contribution is 9.10. The van der Waals surface area contributed by atoms with Crippen LogP contribution in [0.3, 0.4) is 0 Å². The summed E-state index contributed by atoms with van der Waals surface area (Å²) in [7, 11) is 0. The van der Waals surface area contributed by atoms with Crippen molar-refractivity contribution < 1.29 is 9.53 Å². The Bertz CT molecular complexity index is 391. The van der Waals surface area contributed by atoms with Crippen LogP contribution >= 0.6 is 15.9 Å². The highest BCUT2D eigenvalue weighted by Gasteiger charge is 2.04. The SMILES string of the molecule is Cc1cc(OCCC(=O)NC(C)C)ccc1Br. The maximum Gasteiger partial charge on any atom is 0.223 e. The van der Waals surface area contributed by atoms with Gasteiger partial charge in [0.1, 0.15) is 5.75 Å². The number of carbonyl (C=O) groups is 1. The van der Waals surface area contributed by atoms with Gasteiger partial charge in [-0.2, -0.15) is 0 Å². The first-order chi connectivity index (χ1) is 7.99. The summed E-state index contributed by atoms with van der Waals surface area (Å²) >= 11 is 3.43. The highest BCUT2D eigenvalue weighted by atomic mass is 79.9. The number of ether oxygens (including phenoxy) is 1. The minimum atomic E-state index is 0.0221. The number of amides is 1. The molecular weight excluding hydrogens is 282 g/mol. The van der Waals surface area contributed by atoms with Gasteiger partial charge in [0.25, 0.3) is 0 Å². The number of rotatable bonds is 5. The number of aryl methyl sites for hydroxylation is 1. The molecule has 94 valence electrons. The van der Waals surface area contributed by atoms with Crippen molar-refractivity contribution in [2.24, 2.45) is 0 Å². The minimum Gasteiger partial charge on any atom is -0.493 e. The third kappa shape index (κ3) is 5.22. The summed E-state index contributed by atoms with van der Waals surface area (Å²) < 4.78 is 6.57. The van der Waals surface area contributed by atoms with Crippen molar-refractivity contribution in [3.63, 3.8) is 0 Å². The van der Waals surface area contributed by atoms with Gasteiger partial charge in [-0.05, 0) is 44.5 Å². The molecule has 0 unspecified atom stereocenters. The van der Waals surface area contributed by atoms with E-state index in [9.17, 15) is 4.79 Å². The zero-order valence-corrected chi connectivity index (χ0v) is 12.0. The summed E-state index contributed by atoms with van der Waals surface area (Å²) in [5.41, 5.74) is 1.12. The molecular formula is C13H18BrNO2. The quantitative estimate of drug-likeness (QED) is 0.907. The Labute approximate surface area is 111 Å². The zero-order valence-electron chi connectivity index (χ0n) is 10.4. The number of hydrogen-bond acceptors (Lipinski definition) is 2. The fourth-order valence-electron chi connectivity index (χ4n) is 1.36. The molecule has 1 amide bonds. The van der Waals surface area contributed by atoms with Gasteiger partial charge in [-0.1, -0.05) is 15.9 Å². The lowest BCUT2D eigenvalue weighted by Crippen LogP contribution is -2.31. The van der Waals surface area contributed by atoms with E-state index in [2.05, 4.69) is 21.2 Å². The molecule has 0 radical (unpaired) electrons. The molecule has 0 aliphatic heterocycles. The average Bonchev–Trinajstić information content (AvgIpc) is 2.22. The second kappa shape index (κ2) is 6.64. The van der Waals surface area contributed by atoms with E-state index in [1.165, 1.54) is 0 Å². The summed E-state index contributed by atoms with van der Waals surface area (Å²) in [6.45, 7) is 6.29. The van der Waals surface area contributed by atoms with Crippen LogP contribution in [0, 0.1) is 6.92 Å². The summed E-state index contributed by atoms with van der Waals surface area (Å²) in [5.74, 6) is 0.817. The van der Waals surface area contributed by atoms with Gasteiger partial charge < -0.3 is 10.1 Å². The molecule has 0 spiro atoms. The lowest BCUT2D eigenvalue weighted by molar-refractivity contribution is -0.122. The van der Waals surface area contributed by atoms with Crippen LogP contribution in [0.25, 0.3) is 0 Å². The zero-order chi connectivity index (χ0) is 12.8. The molecule has 0 bridgehead atoms. The Morgan fingerprint density at radius 3 is 2.76 bits per heavy atom. The molecule has 1 aromatic rings. The molecule has 0 heterocycles. The summed E-state index contributed by atoms with van der Waals surface area (Å²) in [5, 5.41) is 2.82. The Balaban J connectivity index is 2.36. The lowest BCUT2D eigenvalue weighted by Gasteiger charge is -2.10. The fraction of sp³-hybridized carbons (Fsp3) is 0.462. The van der Waals surface area contributed by atoms with E-state index in [1.54, 1.807) is 0 Å². The molecule has 0 fully saturated rings. The number of hydrogen-bond donors (Lipinski definition) is 1. The number of nitrogens with one attached hydrogen (secondary N) is 1. The summed E-state index contributed by atoms with van der Waals surface area (Å²) in [6, 6.07) is 5.96. The predicted molar refractivity (Wildman–Crippen MR) is 72.3 cm³/mol. The second-order valence-corrected chi connectivity index (χ2v) is 5.09. The molecule has 1 rings (SSSR count). The number of halogens is 1. The maximum absolute atomic E-state index is 11.4. The van der Waals surface area contributed by atoms with Crippen LogP contribution in [-0.2, 0) is 4.79 Å². The van der Waals surface area contributed by atoms with E-state index in [0.717, 1.165) is 15.8 Å². The van der Waals surface area contributed by atoms with Crippen molar-refractivity contribution in [1.29, 1.82) is 0 Å². The van der Waals surface area contributed by atoms with Gasteiger partial charge in [0.15, 0.2) is 0 Å².